The van der Waals surface area contributed by atoms with Crippen molar-refractivity contribution in [3.05, 3.63) is 89.0 Å². The molecule has 0 spiro atoms. The van der Waals surface area contributed by atoms with Crippen LogP contribution in [0.2, 0.25) is 5.02 Å². The van der Waals surface area contributed by atoms with Crippen molar-refractivity contribution in [1.82, 2.24) is 19.8 Å². The van der Waals surface area contributed by atoms with Crippen molar-refractivity contribution >= 4 is 17.5 Å². The quantitative estimate of drug-likeness (QED) is 0.623. The number of carbonyl (C=O) groups excluding carboxylic acids is 1. The van der Waals surface area contributed by atoms with Crippen LogP contribution < -0.4 is 5.32 Å². The summed E-state index contributed by atoms with van der Waals surface area (Å²) < 4.78 is 2.04. The van der Waals surface area contributed by atoms with Crippen molar-refractivity contribution in [1.29, 1.82) is 0 Å². The maximum atomic E-state index is 12.7. The number of hydrogen-bond donors (Lipinski definition) is 1. The number of piperidine rings is 1. The van der Waals surface area contributed by atoms with Crippen molar-refractivity contribution in [2.24, 2.45) is 5.92 Å². The second kappa shape index (κ2) is 9.92. The molecule has 4 rings (SSSR count). The van der Waals surface area contributed by atoms with Gasteiger partial charge in [0.25, 0.3) is 0 Å². The van der Waals surface area contributed by atoms with Crippen LogP contribution in [0.5, 0.6) is 0 Å². The van der Waals surface area contributed by atoms with E-state index in [4.69, 9.17) is 11.6 Å². The molecular weight excluding hydrogens is 396 g/mol. The predicted octanol–water partition coefficient (Wildman–Crippen LogP) is 4.11. The fourth-order valence-corrected chi connectivity index (χ4v) is 4.22. The smallest absolute Gasteiger partial charge is 0.223 e. The van der Waals surface area contributed by atoms with Gasteiger partial charge in [0.05, 0.1) is 6.33 Å². The van der Waals surface area contributed by atoms with Crippen molar-refractivity contribution in [3.63, 3.8) is 0 Å². The molecule has 1 N–H and O–H groups in total. The molecule has 0 radical (unpaired) electrons. The van der Waals surface area contributed by atoms with Crippen LogP contribution in [0.15, 0.2) is 67.3 Å². The molecule has 2 heterocycles. The van der Waals surface area contributed by atoms with Crippen LogP contribution in [-0.4, -0.2) is 33.4 Å². The molecule has 0 unspecified atom stereocenters. The zero-order chi connectivity index (χ0) is 20.8. The van der Waals surface area contributed by atoms with E-state index in [9.17, 15) is 4.79 Å². The highest BCUT2D eigenvalue weighted by atomic mass is 35.5. The number of amides is 1. The first-order chi connectivity index (χ1) is 14.7. The Morgan fingerprint density at radius 1 is 1.03 bits per heavy atom. The Labute approximate surface area is 182 Å². The Hall–Kier alpha value is -2.63. The van der Waals surface area contributed by atoms with E-state index in [0.29, 0.717) is 6.54 Å². The first kappa shape index (κ1) is 20.6. The lowest BCUT2D eigenvalue weighted by Gasteiger charge is -2.31. The number of carbonyl (C=O) groups is 1. The predicted molar refractivity (Wildman–Crippen MR) is 119 cm³/mol. The van der Waals surface area contributed by atoms with Crippen LogP contribution in [0, 0.1) is 5.92 Å². The largest absolute Gasteiger partial charge is 0.352 e. The zero-order valence-electron chi connectivity index (χ0n) is 17.0. The van der Waals surface area contributed by atoms with Gasteiger partial charge < -0.3 is 9.88 Å². The molecule has 2 aromatic carbocycles. The third kappa shape index (κ3) is 5.71. The number of benzene rings is 2. The minimum Gasteiger partial charge on any atom is -0.352 e. The summed E-state index contributed by atoms with van der Waals surface area (Å²) in [5, 5.41) is 3.91. The second-order valence-corrected chi connectivity index (χ2v) is 8.39. The Morgan fingerprint density at radius 2 is 1.77 bits per heavy atom. The van der Waals surface area contributed by atoms with E-state index in [0.717, 1.165) is 49.6 Å². The van der Waals surface area contributed by atoms with E-state index in [-0.39, 0.29) is 11.8 Å². The van der Waals surface area contributed by atoms with Gasteiger partial charge in [0.2, 0.25) is 5.91 Å². The SMILES string of the molecule is O=C(NCc1cccc(Cn2ccnc2)c1)C1CCN(Cc2cccc(Cl)c2)CC1. The van der Waals surface area contributed by atoms with Crippen LogP contribution in [-0.2, 0) is 24.4 Å². The fraction of sp³-hybridized carbons (Fsp3) is 0.333. The standard InChI is InChI=1S/C24H27ClN4O/c25-23-6-2-5-21(14-23)16-28-10-7-22(8-11-28)24(30)27-15-19-3-1-4-20(13-19)17-29-12-9-26-18-29/h1-6,9,12-14,18,22H,7-8,10-11,15-17H2,(H,27,30). The molecule has 156 valence electrons. The lowest BCUT2D eigenvalue weighted by atomic mass is 9.95. The molecule has 3 aromatic rings. The maximum Gasteiger partial charge on any atom is 0.223 e. The molecule has 1 aliphatic heterocycles. The van der Waals surface area contributed by atoms with E-state index in [1.54, 1.807) is 6.20 Å². The summed E-state index contributed by atoms with van der Waals surface area (Å²) in [6.45, 7) is 4.11. The number of imidazole rings is 1. The highest BCUT2D eigenvalue weighted by Crippen LogP contribution is 2.20. The summed E-state index contributed by atoms with van der Waals surface area (Å²) in [6, 6.07) is 16.4. The van der Waals surface area contributed by atoms with Crippen molar-refractivity contribution in [3.8, 4) is 0 Å². The lowest BCUT2D eigenvalue weighted by Crippen LogP contribution is -2.40. The number of likely N-dealkylation sites (tertiary alicyclic amines) is 1. The first-order valence-corrected chi connectivity index (χ1v) is 10.8. The van der Waals surface area contributed by atoms with E-state index < -0.39 is 0 Å². The Morgan fingerprint density at radius 3 is 2.50 bits per heavy atom. The van der Waals surface area contributed by atoms with Crippen LogP contribution in [0.25, 0.3) is 0 Å². The highest BCUT2D eigenvalue weighted by Gasteiger charge is 2.24. The molecule has 6 heteroatoms. The topological polar surface area (TPSA) is 50.2 Å². The van der Waals surface area contributed by atoms with Gasteiger partial charge in [-0.1, -0.05) is 48.0 Å². The van der Waals surface area contributed by atoms with Gasteiger partial charge >= 0.3 is 0 Å². The normalized spacial score (nSPS) is 15.2. The van der Waals surface area contributed by atoms with E-state index >= 15 is 0 Å². The van der Waals surface area contributed by atoms with E-state index in [2.05, 4.69) is 39.5 Å². The minimum absolute atomic E-state index is 0.0924. The molecular formula is C24H27ClN4O. The molecule has 1 fully saturated rings. The number of aromatic nitrogens is 2. The Kier molecular flexibility index (Phi) is 6.82. The number of nitrogens with one attached hydrogen (secondary N) is 1. The number of halogens is 1. The zero-order valence-corrected chi connectivity index (χ0v) is 17.8. The van der Waals surface area contributed by atoms with Gasteiger partial charge in [-0.25, -0.2) is 4.98 Å². The molecule has 1 saturated heterocycles. The summed E-state index contributed by atoms with van der Waals surface area (Å²) >= 11 is 6.08. The van der Waals surface area contributed by atoms with Gasteiger partial charge in [0, 0.05) is 43.0 Å². The van der Waals surface area contributed by atoms with Crippen LogP contribution in [0.3, 0.4) is 0 Å². The molecule has 0 saturated carbocycles. The number of rotatable bonds is 7. The average Bonchev–Trinajstić information content (AvgIpc) is 3.26. The molecule has 1 aromatic heterocycles. The summed E-state index contributed by atoms with van der Waals surface area (Å²) in [5.41, 5.74) is 3.55. The molecule has 0 atom stereocenters. The van der Waals surface area contributed by atoms with Crippen molar-refractivity contribution < 1.29 is 4.79 Å². The van der Waals surface area contributed by atoms with Crippen LogP contribution in [0.4, 0.5) is 0 Å². The number of nitrogens with zero attached hydrogens (tertiary/aromatic N) is 3. The fourth-order valence-electron chi connectivity index (χ4n) is 4.01. The van der Waals surface area contributed by atoms with Crippen molar-refractivity contribution in [2.75, 3.05) is 13.1 Å². The van der Waals surface area contributed by atoms with Crippen molar-refractivity contribution in [2.45, 2.75) is 32.5 Å². The third-order valence-electron chi connectivity index (χ3n) is 5.64. The van der Waals surface area contributed by atoms with Crippen LogP contribution >= 0.6 is 11.6 Å². The van der Waals surface area contributed by atoms with Crippen LogP contribution in [0.1, 0.15) is 29.5 Å². The Balaban J connectivity index is 1.23. The summed E-state index contributed by atoms with van der Waals surface area (Å²) in [6.07, 6.45) is 7.34. The first-order valence-electron chi connectivity index (χ1n) is 10.4. The number of hydrogen-bond acceptors (Lipinski definition) is 3. The molecule has 0 aliphatic carbocycles. The monoisotopic (exact) mass is 422 g/mol. The van der Waals surface area contributed by atoms with E-state index in [1.165, 1.54) is 11.1 Å². The van der Waals surface area contributed by atoms with Gasteiger partial charge in [-0.05, 0) is 54.8 Å². The maximum absolute atomic E-state index is 12.7. The third-order valence-corrected chi connectivity index (χ3v) is 5.87. The minimum atomic E-state index is 0.0924. The molecule has 5 nitrogen and oxygen atoms in total. The summed E-state index contributed by atoms with van der Waals surface area (Å²) in [7, 11) is 0. The van der Waals surface area contributed by atoms with Gasteiger partial charge in [0.1, 0.15) is 0 Å². The highest BCUT2D eigenvalue weighted by molar-refractivity contribution is 6.30. The summed E-state index contributed by atoms with van der Waals surface area (Å²) in [4.78, 5) is 19.1. The molecule has 0 bridgehead atoms. The molecule has 30 heavy (non-hydrogen) atoms. The van der Waals surface area contributed by atoms with Gasteiger partial charge in [-0.2, -0.15) is 0 Å². The summed E-state index contributed by atoms with van der Waals surface area (Å²) in [5.74, 6) is 0.257. The van der Waals surface area contributed by atoms with E-state index in [1.807, 2.05) is 41.4 Å². The molecule has 1 aliphatic rings. The second-order valence-electron chi connectivity index (χ2n) is 7.95. The van der Waals surface area contributed by atoms with Gasteiger partial charge in [-0.15, -0.1) is 0 Å². The van der Waals surface area contributed by atoms with Gasteiger partial charge in [-0.3, -0.25) is 9.69 Å². The molecule has 1 amide bonds. The van der Waals surface area contributed by atoms with Gasteiger partial charge in [0.15, 0.2) is 0 Å². The lowest BCUT2D eigenvalue weighted by molar-refractivity contribution is -0.126. The average molecular weight is 423 g/mol. The Bertz CT molecular complexity index is 965.